The number of aryl methyl sites for hydroxylation is 1. The number of ketones is 2. The van der Waals surface area contributed by atoms with Crippen LogP contribution in [-0.4, -0.2) is 17.8 Å². The van der Waals surface area contributed by atoms with Crippen LogP contribution >= 0.6 is 11.8 Å². The summed E-state index contributed by atoms with van der Waals surface area (Å²) in [6.07, 6.45) is 3.05. The number of rotatable bonds is 4. The summed E-state index contributed by atoms with van der Waals surface area (Å²) < 4.78 is 0. The van der Waals surface area contributed by atoms with Gasteiger partial charge in [-0.25, -0.2) is 0 Å². The van der Waals surface area contributed by atoms with E-state index in [0.717, 1.165) is 33.7 Å². The second kappa shape index (κ2) is 9.73. The van der Waals surface area contributed by atoms with Crippen molar-refractivity contribution in [2.24, 2.45) is 0 Å². The molecule has 0 heterocycles. The molecule has 152 valence electrons. The number of hydrogen-bond donors (Lipinski definition) is 0. The van der Waals surface area contributed by atoms with Crippen molar-refractivity contribution in [3.63, 3.8) is 0 Å². The molecule has 0 saturated carbocycles. The molecule has 0 aromatic heterocycles. The van der Waals surface area contributed by atoms with E-state index in [9.17, 15) is 9.59 Å². The van der Waals surface area contributed by atoms with Gasteiger partial charge in [-0.15, -0.1) is 11.8 Å². The molecular formula is C27H26O2S. The van der Waals surface area contributed by atoms with Crippen LogP contribution in [0.4, 0.5) is 0 Å². The molecule has 0 unspecified atom stereocenters. The van der Waals surface area contributed by atoms with Crippen LogP contribution in [0.25, 0.3) is 21.5 Å². The van der Waals surface area contributed by atoms with Gasteiger partial charge in [0.1, 0.15) is 0 Å². The van der Waals surface area contributed by atoms with Gasteiger partial charge in [0.25, 0.3) is 0 Å². The summed E-state index contributed by atoms with van der Waals surface area (Å²) in [6, 6.07) is 24.1. The van der Waals surface area contributed by atoms with Crippen molar-refractivity contribution in [3.8, 4) is 0 Å². The predicted octanol–water partition coefficient (Wildman–Crippen LogP) is 7.37. The summed E-state index contributed by atoms with van der Waals surface area (Å²) >= 11 is 1.71. The van der Waals surface area contributed by atoms with Gasteiger partial charge in [-0.2, -0.15) is 0 Å². The van der Waals surface area contributed by atoms with Crippen molar-refractivity contribution < 1.29 is 9.59 Å². The van der Waals surface area contributed by atoms with E-state index >= 15 is 0 Å². The van der Waals surface area contributed by atoms with Gasteiger partial charge < -0.3 is 0 Å². The Kier molecular flexibility index (Phi) is 7.07. The van der Waals surface area contributed by atoms with Crippen molar-refractivity contribution in [1.82, 2.24) is 0 Å². The molecule has 0 aliphatic carbocycles. The molecule has 0 aliphatic heterocycles. The third-order valence-electron chi connectivity index (χ3n) is 5.26. The van der Waals surface area contributed by atoms with Crippen LogP contribution in [0.2, 0.25) is 0 Å². The van der Waals surface area contributed by atoms with E-state index in [1.807, 2.05) is 54.6 Å². The van der Waals surface area contributed by atoms with Crippen LogP contribution in [0.3, 0.4) is 0 Å². The van der Waals surface area contributed by atoms with Crippen molar-refractivity contribution in [3.05, 3.63) is 89.5 Å². The number of carbonyl (C=O) groups is 2. The molecule has 4 aromatic rings. The van der Waals surface area contributed by atoms with E-state index in [1.165, 1.54) is 15.8 Å². The first kappa shape index (κ1) is 21.8. The average Bonchev–Trinajstić information content (AvgIpc) is 2.77. The maximum absolute atomic E-state index is 11.5. The molecule has 0 fully saturated rings. The first-order chi connectivity index (χ1) is 14.5. The van der Waals surface area contributed by atoms with E-state index in [-0.39, 0.29) is 11.6 Å². The lowest BCUT2D eigenvalue weighted by atomic mass is 9.97. The number of hydrogen-bond acceptors (Lipinski definition) is 3. The highest BCUT2D eigenvalue weighted by atomic mass is 32.2. The molecule has 4 aromatic carbocycles. The SMILES string of the molecule is CCc1ccc(C(C)=O)c2ccccc12.CSc1ccc(C(C)=O)c2ccccc12. The molecule has 4 rings (SSSR count). The third kappa shape index (κ3) is 4.47. The zero-order chi connectivity index (χ0) is 21.7. The Morgan fingerprint density at radius 2 is 1.13 bits per heavy atom. The first-order valence-corrected chi connectivity index (χ1v) is 11.3. The number of benzene rings is 4. The molecular weight excluding hydrogens is 388 g/mol. The summed E-state index contributed by atoms with van der Waals surface area (Å²) in [7, 11) is 0. The van der Waals surface area contributed by atoms with Gasteiger partial charge in [-0.3, -0.25) is 9.59 Å². The van der Waals surface area contributed by atoms with Gasteiger partial charge in [-0.1, -0.05) is 67.6 Å². The zero-order valence-corrected chi connectivity index (χ0v) is 18.7. The van der Waals surface area contributed by atoms with E-state index in [2.05, 4.69) is 31.4 Å². The fourth-order valence-corrected chi connectivity index (χ4v) is 4.34. The van der Waals surface area contributed by atoms with Gasteiger partial charge in [0, 0.05) is 16.0 Å². The molecule has 0 saturated heterocycles. The van der Waals surface area contributed by atoms with E-state index in [0.29, 0.717) is 0 Å². The van der Waals surface area contributed by atoms with E-state index < -0.39 is 0 Å². The molecule has 0 bridgehead atoms. The molecule has 0 atom stereocenters. The highest BCUT2D eigenvalue weighted by Crippen LogP contribution is 2.29. The minimum atomic E-state index is 0.124. The maximum atomic E-state index is 11.5. The van der Waals surface area contributed by atoms with Crippen LogP contribution in [0.15, 0.2) is 77.7 Å². The van der Waals surface area contributed by atoms with E-state index in [4.69, 9.17) is 0 Å². The van der Waals surface area contributed by atoms with Crippen LogP contribution in [0.1, 0.15) is 47.1 Å². The van der Waals surface area contributed by atoms with Gasteiger partial charge >= 0.3 is 0 Å². The smallest absolute Gasteiger partial charge is 0.160 e. The lowest BCUT2D eigenvalue weighted by molar-refractivity contribution is 0.101. The highest BCUT2D eigenvalue weighted by molar-refractivity contribution is 7.98. The van der Waals surface area contributed by atoms with Crippen molar-refractivity contribution >= 4 is 44.9 Å². The fraction of sp³-hybridized carbons (Fsp3) is 0.185. The zero-order valence-electron chi connectivity index (χ0n) is 17.9. The average molecular weight is 415 g/mol. The summed E-state index contributed by atoms with van der Waals surface area (Å²) in [5, 5.41) is 4.49. The number of fused-ring (bicyclic) bond motifs is 2. The Labute approximate surface area is 182 Å². The minimum Gasteiger partial charge on any atom is -0.294 e. The first-order valence-electron chi connectivity index (χ1n) is 10.1. The van der Waals surface area contributed by atoms with Gasteiger partial charge in [0.2, 0.25) is 0 Å². The minimum absolute atomic E-state index is 0.124. The summed E-state index contributed by atoms with van der Waals surface area (Å²) in [5.74, 6) is 0.257. The Morgan fingerprint density at radius 1 is 0.667 bits per heavy atom. The Morgan fingerprint density at radius 3 is 1.63 bits per heavy atom. The van der Waals surface area contributed by atoms with Crippen molar-refractivity contribution in [2.75, 3.05) is 6.26 Å². The second-order valence-corrected chi connectivity index (χ2v) is 7.99. The largest absolute Gasteiger partial charge is 0.294 e. The van der Waals surface area contributed by atoms with Crippen molar-refractivity contribution in [2.45, 2.75) is 32.1 Å². The van der Waals surface area contributed by atoms with Gasteiger partial charge in [0.05, 0.1) is 0 Å². The molecule has 30 heavy (non-hydrogen) atoms. The Balaban J connectivity index is 0.000000171. The topological polar surface area (TPSA) is 34.1 Å². The fourth-order valence-electron chi connectivity index (χ4n) is 3.73. The maximum Gasteiger partial charge on any atom is 0.160 e. The molecule has 0 amide bonds. The summed E-state index contributed by atoms with van der Waals surface area (Å²) in [6.45, 7) is 5.36. The number of Topliss-reactive ketones (excluding diaryl/α,β-unsaturated/α-hetero) is 2. The lowest BCUT2D eigenvalue weighted by Crippen LogP contribution is -1.95. The van der Waals surface area contributed by atoms with Crippen LogP contribution in [-0.2, 0) is 6.42 Å². The van der Waals surface area contributed by atoms with Gasteiger partial charge in [0.15, 0.2) is 11.6 Å². The van der Waals surface area contributed by atoms with Crippen molar-refractivity contribution in [1.29, 1.82) is 0 Å². The molecule has 0 N–H and O–H groups in total. The molecule has 0 aliphatic rings. The second-order valence-electron chi connectivity index (χ2n) is 7.14. The normalized spacial score (nSPS) is 10.5. The lowest BCUT2D eigenvalue weighted by Gasteiger charge is -2.07. The number of carbonyl (C=O) groups excluding carboxylic acids is 2. The standard InChI is InChI=1S/C14H14O.C13H12OS/c1-3-11-8-9-12(10(2)15)14-7-5-4-6-13(11)14;1-9(14)10-7-8-13(15-2)12-6-4-3-5-11(10)12/h4-9H,3H2,1-2H3;3-8H,1-2H3. The van der Waals surface area contributed by atoms with Gasteiger partial charge in [-0.05, 0) is 65.8 Å². The van der Waals surface area contributed by atoms with Crippen LogP contribution in [0.5, 0.6) is 0 Å². The highest BCUT2D eigenvalue weighted by Gasteiger charge is 2.08. The van der Waals surface area contributed by atoms with Crippen LogP contribution < -0.4 is 0 Å². The third-order valence-corrected chi connectivity index (χ3v) is 6.05. The summed E-state index contributed by atoms with van der Waals surface area (Å²) in [5.41, 5.74) is 2.93. The molecule has 3 heteroatoms. The quantitative estimate of drug-likeness (QED) is 0.258. The molecule has 2 nitrogen and oxygen atoms in total. The predicted molar refractivity (Wildman–Crippen MR) is 129 cm³/mol. The Bertz CT molecular complexity index is 1130. The van der Waals surface area contributed by atoms with E-state index in [1.54, 1.807) is 25.6 Å². The van der Waals surface area contributed by atoms with Crippen LogP contribution in [0, 0.1) is 0 Å². The summed E-state index contributed by atoms with van der Waals surface area (Å²) in [4.78, 5) is 24.1. The monoisotopic (exact) mass is 414 g/mol. The Hall–Kier alpha value is -2.91. The number of thioether (sulfide) groups is 1. The molecule has 0 radical (unpaired) electrons. The molecule has 0 spiro atoms.